The van der Waals surface area contributed by atoms with Gasteiger partial charge >= 0.3 is 12.1 Å². The number of carbonyl (C=O) groups is 2. The number of imidazole rings is 3. The number of urea groups is 1. The Labute approximate surface area is 372 Å². The maximum atomic E-state index is 13.5. The third kappa shape index (κ3) is 8.07. The molecule has 1 atom stereocenters. The third-order valence-electron chi connectivity index (χ3n) is 12.6. The molecule has 12 heteroatoms. The minimum atomic E-state index is -0.146. The van der Waals surface area contributed by atoms with Crippen molar-refractivity contribution in [3.63, 3.8) is 0 Å². The molecule has 0 bridgehead atoms. The van der Waals surface area contributed by atoms with Crippen LogP contribution in [0.1, 0.15) is 78.5 Å². The van der Waals surface area contributed by atoms with E-state index in [1.165, 1.54) is 22.3 Å². The van der Waals surface area contributed by atoms with E-state index in [9.17, 15) is 9.59 Å². The van der Waals surface area contributed by atoms with Crippen molar-refractivity contribution in [3.05, 3.63) is 148 Å². The second-order valence-electron chi connectivity index (χ2n) is 17.3. The molecular weight excluding hydrogens is 797 g/mol. The van der Waals surface area contributed by atoms with E-state index < -0.39 is 0 Å². The summed E-state index contributed by atoms with van der Waals surface area (Å²) in [5.41, 5.74) is 15.7. The first-order valence-corrected chi connectivity index (χ1v) is 22.4. The molecule has 4 aromatic carbocycles. The van der Waals surface area contributed by atoms with Crippen molar-refractivity contribution < 1.29 is 9.59 Å². The first-order chi connectivity index (χ1) is 31.1. The number of hydrogen-bond acceptors (Lipinski definition) is 6. The molecule has 0 spiro atoms. The van der Waals surface area contributed by atoms with Gasteiger partial charge in [0, 0.05) is 43.5 Å². The number of carbonyl (C=O) groups excluding carboxylic acids is 2. The summed E-state index contributed by atoms with van der Waals surface area (Å²) < 4.78 is 1.75. The van der Waals surface area contributed by atoms with Gasteiger partial charge in [-0.15, -0.1) is 0 Å². The lowest BCUT2D eigenvalue weighted by Gasteiger charge is -2.24. The van der Waals surface area contributed by atoms with Crippen molar-refractivity contribution in [2.75, 3.05) is 13.1 Å². The number of unbranched alkanes of at least 4 members (excludes halogenated alkanes) is 3. The lowest BCUT2D eigenvalue weighted by atomic mass is 9.92. The summed E-state index contributed by atoms with van der Waals surface area (Å²) in [6.45, 7) is 9.10. The van der Waals surface area contributed by atoms with Crippen molar-refractivity contribution in [3.8, 4) is 22.8 Å². The highest BCUT2D eigenvalue weighted by molar-refractivity contribution is 6.01. The van der Waals surface area contributed by atoms with Gasteiger partial charge in [-0.3, -0.25) is 14.5 Å². The van der Waals surface area contributed by atoms with E-state index in [0.717, 1.165) is 98.7 Å². The zero-order chi connectivity index (χ0) is 43.9. The van der Waals surface area contributed by atoms with E-state index >= 15 is 0 Å². The Morgan fingerprint density at radius 1 is 0.672 bits per heavy atom. The number of H-pyrrole nitrogens is 2. The maximum absolute atomic E-state index is 13.5. The summed E-state index contributed by atoms with van der Waals surface area (Å²) in [7, 11) is 0. The van der Waals surface area contributed by atoms with Crippen LogP contribution in [0.3, 0.4) is 0 Å². The van der Waals surface area contributed by atoms with Crippen LogP contribution in [0.15, 0.2) is 114 Å². The molecule has 0 fully saturated rings. The monoisotopic (exact) mass is 848 g/mol. The molecule has 12 nitrogen and oxygen atoms in total. The summed E-state index contributed by atoms with van der Waals surface area (Å²) in [4.78, 5) is 55.0. The summed E-state index contributed by atoms with van der Waals surface area (Å²) >= 11 is 0. The molecule has 0 radical (unpaired) electrons. The lowest BCUT2D eigenvalue weighted by molar-refractivity contribution is 0.227. The Hall–Kier alpha value is -7.34. The number of fused-ring (bicyclic) bond motifs is 4. The molecule has 1 unspecified atom stereocenters. The van der Waals surface area contributed by atoms with E-state index in [4.69, 9.17) is 19.9 Å². The Bertz CT molecular complexity index is 3100. The number of allylic oxidation sites excluding steroid dienone is 4. The van der Waals surface area contributed by atoms with Crippen LogP contribution >= 0.6 is 0 Å². The van der Waals surface area contributed by atoms with Crippen LogP contribution in [-0.4, -0.2) is 71.4 Å². The van der Waals surface area contributed by atoms with E-state index in [1.54, 1.807) is 9.47 Å². The van der Waals surface area contributed by atoms with E-state index in [2.05, 4.69) is 125 Å². The van der Waals surface area contributed by atoms with Crippen LogP contribution in [0.25, 0.3) is 56.0 Å². The van der Waals surface area contributed by atoms with Crippen molar-refractivity contribution in [2.24, 2.45) is 4.99 Å². The predicted octanol–water partition coefficient (Wildman–Crippen LogP) is 10.4. The van der Waals surface area contributed by atoms with Crippen LogP contribution in [0, 0.1) is 20.8 Å². The minimum Gasteiger partial charge on any atom is -0.338 e. The van der Waals surface area contributed by atoms with Gasteiger partial charge in [0.1, 0.15) is 23.3 Å². The van der Waals surface area contributed by atoms with Crippen LogP contribution < -0.4 is 10.6 Å². The van der Waals surface area contributed by atoms with Crippen LogP contribution in [0.5, 0.6) is 0 Å². The number of hydrogen-bond donors (Lipinski definition) is 4. The SMILES string of the molecule is CC1=NC2CC(c3ccc4nc(-c5cccc(C)c5)[nH]c4c3)=CC=C2N1C(=O)NCCCCCCNC(=O)n1c(C)nc2c1CC(c1ccc3nc(-c4cccc(C)c4)[nH]c3c1)=CC2. The van der Waals surface area contributed by atoms with E-state index in [-0.39, 0.29) is 18.1 Å². The number of amides is 3. The number of benzene rings is 4. The number of nitrogens with one attached hydrogen (secondary N) is 4. The number of nitrogens with zero attached hydrogens (tertiary/aromatic N) is 6. The molecule has 4 N–H and O–H groups in total. The van der Waals surface area contributed by atoms with Gasteiger partial charge in [-0.05, 0) is 105 Å². The topological polar surface area (TPSA) is 149 Å². The first kappa shape index (κ1) is 40.7. The van der Waals surface area contributed by atoms with Gasteiger partial charge in [0.15, 0.2) is 0 Å². The zero-order valence-electron chi connectivity index (χ0n) is 36.8. The molecule has 322 valence electrons. The molecule has 0 saturated carbocycles. The van der Waals surface area contributed by atoms with Gasteiger partial charge < -0.3 is 20.6 Å². The normalized spacial score (nSPS) is 15.7. The first-order valence-electron chi connectivity index (χ1n) is 22.4. The molecule has 0 saturated heterocycles. The van der Waals surface area contributed by atoms with E-state index in [1.807, 2.05) is 26.0 Å². The predicted molar refractivity (Wildman–Crippen MR) is 255 cm³/mol. The van der Waals surface area contributed by atoms with Crippen molar-refractivity contribution in [1.29, 1.82) is 0 Å². The van der Waals surface area contributed by atoms with Gasteiger partial charge in [-0.2, -0.15) is 0 Å². The van der Waals surface area contributed by atoms with Crippen LogP contribution in [0.4, 0.5) is 9.59 Å². The smallest absolute Gasteiger partial charge is 0.327 e. The van der Waals surface area contributed by atoms with Crippen LogP contribution in [-0.2, 0) is 12.8 Å². The summed E-state index contributed by atoms with van der Waals surface area (Å²) in [5.74, 6) is 3.12. The molecule has 10 rings (SSSR count). The standard InChI is InChI=1S/C52H52N10O2/c1-31-11-9-13-39(25-31)49-57-41-19-15-35(27-44(41)59-49)37-18-22-47-46(29-37)56-34(4)61(47)51(63)53-23-7-5-6-8-24-54-52(64)62-33(3)55-43-21-17-38(30-48(43)62)36-16-20-42-45(28-36)60-50(58-42)40-14-10-12-32(2)26-40/h9-20,22,25-28,46H,5-8,21,23-24,29-30H2,1-4H3,(H,53,63)(H,54,64)(H,57,59)(H,58,60). The quantitative estimate of drug-likeness (QED) is 0.0957. The van der Waals surface area contributed by atoms with Crippen molar-refractivity contribution >= 4 is 51.1 Å². The molecule has 4 heterocycles. The number of aliphatic imine (C=N–C) groups is 1. The fourth-order valence-electron chi connectivity index (χ4n) is 9.33. The van der Waals surface area contributed by atoms with Crippen molar-refractivity contribution in [1.82, 2.24) is 45.0 Å². The highest BCUT2D eigenvalue weighted by Crippen LogP contribution is 2.36. The average Bonchev–Trinajstić information content (AvgIpc) is 4.08. The number of aromatic nitrogens is 6. The molecule has 3 aromatic heterocycles. The lowest BCUT2D eigenvalue weighted by Crippen LogP contribution is -2.41. The van der Waals surface area contributed by atoms with Gasteiger partial charge in [-0.1, -0.05) is 84.7 Å². The fourth-order valence-corrected chi connectivity index (χ4v) is 9.33. The van der Waals surface area contributed by atoms with Gasteiger partial charge in [0.2, 0.25) is 0 Å². The Kier molecular flexibility index (Phi) is 10.9. The molecule has 2 aliphatic carbocycles. The number of aromatic amines is 2. The van der Waals surface area contributed by atoms with E-state index in [0.29, 0.717) is 44.0 Å². The summed E-state index contributed by atoms with van der Waals surface area (Å²) in [6, 6.07) is 29.0. The Morgan fingerprint density at radius 3 is 1.91 bits per heavy atom. The van der Waals surface area contributed by atoms with Crippen LogP contribution in [0.2, 0.25) is 0 Å². The number of aryl methyl sites for hydroxylation is 3. The largest absolute Gasteiger partial charge is 0.338 e. The average molecular weight is 849 g/mol. The Balaban J connectivity index is 0.682. The molecule has 3 aliphatic rings. The van der Waals surface area contributed by atoms with Gasteiger partial charge in [0.05, 0.1) is 45.2 Å². The second kappa shape index (κ2) is 17.1. The summed E-state index contributed by atoms with van der Waals surface area (Å²) in [5, 5.41) is 6.24. The highest BCUT2D eigenvalue weighted by Gasteiger charge is 2.35. The number of amidine groups is 1. The fraction of sp³-hybridized carbons (Fsp3) is 0.269. The van der Waals surface area contributed by atoms with Crippen molar-refractivity contribution in [2.45, 2.75) is 78.7 Å². The highest BCUT2D eigenvalue weighted by atomic mass is 16.2. The summed E-state index contributed by atoms with van der Waals surface area (Å²) in [6.07, 6.45) is 12.0. The molecular formula is C52H52N10O2. The number of rotatable bonds is 11. The molecule has 7 aromatic rings. The molecule has 1 aliphatic heterocycles. The van der Waals surface area contributed by atoms with Gasteiger partial charge in [0.25, 0.3) is 0 Å². The third-order valence-corrected chi connectivity index (χ3v) is 12.6. The maximum Gasteiger partial charge on any atom is 0.327 e. The van der Waals surface area contributed by atoms with Gasteiger partial charge in [-0.25, -0.2) is 24.5 Å². The second-order valence-corrected chi connectivity index (χ2v) is 17.3. The zero-order valence-corrected chi connectivity index (χ0v) is 36.8. The molecule has 3 amide bonds. The minimum absolute atomic E-state index is 0.104. The Morgan fingerprint density at radius 2 is 1.28 bits per heavy atom. The molecule has 64 heavy (non-hydrogen) atoms.